The number of carbonyl (C=O) groups excluding carboxylic acids is 1. The zero-order chi connectivity index (χ0) is 11.7. The van der Waals surface area contributed by atoms with Gasteiger partial charge in [0.05, 0.1) is 12.2 Å². The van der Waals surface area contributed by atoms with Gasteiger partial charge in [-0.2, -0.15) is 5.10 Å². The Kier molecular flexibility index (Phi) is 2.74. The zero-order valence-electron chi connectivity index (χ0n) is 9.76. The molecule has 1 unspecified atom stereocenters. The number of hydrogen-bond donors (Lipinski definition) is 1. The number of H-pyrrole nitrogens is 1. The van der Waals surface area contributed by atoms with Crippen LogP contribution in [-0.2, 0) is 4.74 Å². The summed E-state index contributed by atoms with van der Waals surface area (Å²) < 4.78 is 5.45. The molecule has 1 N–H and O–H groups in total. The average molecular weight is 235 g/mol. The highest BCUT2D eigenvalue weighted by Crippen LogP contribution is 2.33. The topological polar surface area (TPSA) is 58.2 Å². The summed E-state index contributed by atoms with van der Waals surface area (Å²) in [7, 11) is 0. The van der Waals surface area contributed by atoms with Gasteiger partial charge in [-0.25, -0.2) is 4.79 Å². The van der Waals surface area contributed by atoms with Gasteiger partial charge in [0, 0.05) is 18.3 Å². The number of hydrogen-bond acceptors (Lipinski definition) is 3. The SMILES string of the molecule is O=C(OC1CCC1)N1CCCC1c1cn[nH]c1. The molecule has 2 heterocycles. The van der Waals surface area contributed by atoms with Crippen LogP contribution in [0.1, 0.15) is 43.7 Å². The van der Waals surface area contributed by atoms with E-state index in [0.29, 0.717) is 0 Å². The van der Waals surface area contributed by atoms with Crippen LogP contribution in [0.4, 0.5) is 4.79 Å². The Morgan fingerprint density at radius 3 is 2.94 bits per heavy atom. The molecule has 2 aliphatic rings. The van der Waals surface area contributed by atoms with Gasteiger partial charge in [-0.05, 0) is 32.1 Å². The Balaban J connectivity index is 1.66. The maximum Gasteiger partial charge on any atom is 0.410 e. The van der Waals surface area contributed by atoms with Crippen molar-refractivity contribution >= 4 is 6.09 Å². The van der Waals surface area contributed by atoms with E-state index in [-0.39, 0.29) is 18.2 Å². The normalized spacial score (nSPS) is 24.7. The molecule has 1 aliphatic carbocycles. The lowest BCUT2D eigenvalue weighted by Crippen LogP contribution is -2.36. The molecule has 92 valence electrons. The Hall–Kier alpha value is -1.52. The van der Waals surface area contributed by atoms with E-state index in [1.54, 1.807) is 6.20 Å². The zero-order valence-corrected chi connectivity index (χ0v) is 9.76. The predicted octanol–water partition coefficient (Wildman–Crippen LogP) is 2.24. The Morgan fingerprint density at radius 2 is 2.29 bits per heavy atom. The second kappa shape index (κ2) is 4.39. The third kappa shape index (κ3) is 2.01. The van der Waals surface area contributed by atoms with E-state index in [4.69, 9.17) is 4.74 Å². The van der Waals surface area contributed by atoms with Crippen molar-refractivity contribution in [2.75, 3.05) is 6.54 Å². The number of aromatic amines is 1. The molecule has 5 nitrogen and oxygen atoms in total. The number of aromatic nitrogens is 2. The summed E-state index contributed by atoms with van der Waals surface area (Å²) in [6.07, 6.45) is 8.93. The second-order valence-corrected chi connectivity index (χ2v) is 4.82. The molecule has 2 fully saturated rings. The maximum atomic E-state index is 12.0. The van der Waals surface area contributed by atoms with E-state index in [2.05, 4.69) is 10.2 Å². The number of rotatable bonds is 2. The summed E-state index contributed by atoms with van der Waals surface area (Å²) in [5.41, 5.74) is 1.08. The van der Waals surface area contributed by atoms with Crippen molar-refractivity contribution in [2.45, 2.75) is 44.2 Å². The lowest BCUT2D eigenvalue weighted by Gasteiger charge is -2.30. The number of nitrogens with one attached hydrogen (secondary N) is 1. The highest BCUT2D eigenvalue weighted by atomic mass is 16.6. The molecule has 0 bridgehead atoms. The predicted molar refractivity (Wildman–Crippen MR) is 61.4 cm³/mol. The van der Waals surface area contributed by atoms with Crippen LogP contribution in [0.15, 0.2) is 12.4 Å². The van der Waals surface area contributed by atoms with E-state index in [9.17, 15) is 4.79 Å². The molecule has 1 aromatic rings. The van der Waals surface area contributed by atoms with Gasteiger partial charge in [-0.15, -0.1) is 0 Å². The van der Waals surface area contributed by atoms with Gasteiger partial charge in [0.1, 0.15) is 6.10 Å². The van der Waals surface area contributed by atoms with Crippen LogP contribution in [0.25, 0.3) is 0 Å². The number of nitrogens with zero attached hydrogens (tertiary/aromatic N) is 2. The lowest BCUT2D eigenvalue weighted by atomic mass is 9.96. The first kappa shape index (κ1) is 10.6. The number of carbonyl (C=O) groups is 1. The summed E-state index contributed by atoms with van der Waals surface area (Å²) in [6, 6.07) is 0.140. The van der Waals surface area contributed by atoms with Crippen LogP contribution >= 0.6 is 0 Å². The quantitative estimate of drug-likeness (QED) is 0.855. The molecule has 1 amide bonds. The minimum absolute atomic E-state index is 0.140. The van der Waals surface area contributed by atoms with Crippen molar-refractivity contribution in [2.24, 2.45) is 0 Å². The fourth-order valence-electron chi connectivity index (χ4n) is 2.47. The van der Waals surface area contributed by atoms with Crippen LogP contribution in [0.3, 0.4) is 0 Å². The summed E-state index contributed by atoms with van der Waals surface area (Å²) in [6.45, 7) is 0.793. The second-order valence-electron chi connectivity index (χ2n) is 4.82. The molecule has 1 saturated carbocycles. The van der Waals surface area contributed by atoms with Gasteiger partial charge in [0.2, 0.25) is 0 Å². The van der Waals surface area contributed by atoms with E-state index < -0.39 is 0 Å². The van der Waals surface area contributed by atoms with Gasteiger partial charge in [0.15, 0.2) is 0 Å². The maximum absolute atomic E-state index is 12.0. The van der Waals surface area contributed by atoms with E-state index in [1.165, 1.54) is 6.42 Å². The highest BCUT2D eigenvalue weighted by Gasteiger charge is 2.33. The molecule has 3 rings (SSSR count). The van der Waals surface area contributed by atoms with Crippen molar-refractivity contribution in [3.63, 3.8) is 0 Å². The van der Waals surface area contributed by atoms with Crippen molar-refractivity contribution in [1.29, 1.82) is 0 Å². The molecular formula is C12H17N3O2. The van der Waals surface area contributed by atoms with Gasteiger partial charge in [0.25, 0.3) is 0 Å². The summed E-state index contributed by atoms with van der Waals surface area (Å²) in [4.78, 5) is 13.9. The third-order valence-corrected chi connectivity index (χ3v) is 3.71. The summed E-state index contributed by atoms with van der Waals surface area (Å²) >= 11 is 0. The Labute approximate surface area is 100 Å². The molecule has 1 atom stereocenters. The molecule has 1 aliphatic heterocycles. The first-order valence-corrected chi connectivity index (χ1v) is 6.30. The van der Waals surface area contributed by atoms with Crippen LogP contribution < -0.4 is 0 Å². The molecule has 17 heavy (non-hydrogen) atoms. The standard InChI is InChI=1S/C12H17N3O2/c16-12(17-10-3-1-4-10)15-6-2-5-11(15)9-7-13-14-8-9/h7-8,10-11H,1-6H2,(H,13,14). The molecular weight excluding hydrogens is 218 g/mol. The van der Waals surface area contributed by atoms with E-state index >= 15 is 0 Å². The largest absolute Gasteiger partial charge is 0.446 e. The van der Waals surface area contributed by atoms with Crippen molar-refractivity contribution in [1.82, 2.24) is 15.1 Å². The van der Waals surface area contributed by atoms with Crippen LogP contribution in [0.5, 0.6) is 0 Å². The Bertz CT molecular complexity index is 386. The smallest absolute Gasteiger partial charge is 0.410 e. The first-order valence-electron chi connectivity index (χ1n) is 6.30. The molecule has 0 spiro atoms. The molecule has 0 aromatic carbocycles. The molecule has 1 saturated heterocycles. The minimum Gasteiger partial charge on any atom is -0.446 e. The summed E-state index contributed by atoms with van der Waals surface area (Å²) in [5, 5.41) is 6.75. The number of amides is 1. The highest BCUT2D eigenvalue weighted by molar-refractivity contribution is 5.69. The Morgan fingerprint density at radius 1 is 1.41 bits per heavy atom. The number of likely N-dealkylation sites (tertiary alicyclic amines) is 1. The summed E-state index contributed by atoms with van der Waals surface area (Å²) in [5.74, 6) is 0. The van der Waals surface area contributed by atoms with Crippen LogP contribution in [-0.4, -0.2) is 33.8 Å². The molecule has 0 radical (unpaired) electrons. The van der Waals surface area contributed by atoms with E-state index in [1.807, 2.05) is 11.1 Å². The van der Waals surface area contributed by atoms with Crippen molar-refractivity contribution < 1.29 is 9.53 Å². The van der Waals surface area contributed by atoms with Gasteiger partial charge < -0.3 is 9.64 Å². The third-order valence-electron chi connectivity index (χ3n) is 3.71. The minimum atomic E-state index is -0.154. The van der Waals surface area contributed by atoms with Gasteiger partial charge in [-0.1, -0.05) is 0 Å². The molecule has 1 aromatic heterocycles. The van der Waals surface area contributed by atoms with Crippen LogP contribution in [0, 0.1) is 0 Å². The average Bonchev–Trinajstić information content (AvgIpc) is 2.91. The first-order chi connectivity index (χ1) is 8.34. The monoisotopic (exact) mass is 235 g/mol. The fourth-order valence-corrected chi connectivity index (χ4v) is 2.47. The molecule has 5 heteroatoms. The van der Waals surface area contributed by atoms with Crippen molar-refractivity contribution in [3.05, 3.63) is 18.0 Å². The van der Waals surface area contributed by atoms with Gasteiger partial charge >= 0.3 is 6.09 Å². The lowest BCUT2D eigenvalue weighted by molar-refractivity contribution is 0.0244. The number of ether oxygens (including phenoxy) is 1. The van der Waals surface area contributed by atoms with E-state index in [0.717, 1.165) is 37.8 Å². The van der Waals surface area contributed by atoms with Crippen LogP contribution in [0.2, 0.25) is 0 Å². The fraction of sp³-hybridized carbons (Fsp3) is 0.667. The van der Waals surface area contributed by atoms with Crippen molar-refractivity contribution in [3.8, 4) is 0 Å². The van der Waals surface area contributed by atoms with Gasteiger partial charge in [-0.3, -0.25) is 5.10 Å².